The van der Waals surface area contributed by atoms with Gasteiger partial charge in [0.25, 0.3) is 0 Å². The Morgan fingerprint density at radius 1 is 1.33 bits per heavy atom. The number of hydrogen-bond donors (Lipinski definition) is 0. The molecule has 0 fully saturated rings. The summed E-state index contributed by atoms with van der Waals surface area (Å²) >= 11 is 3.45. The molecule has 1 heterocycles. The van der Waals surface area contributed by atoms with Crippen LogP contribution in [0.3, 0.4) is 0 Å². The molecule has 0 aliphatic heterocycles. The van der Waals surface area contributed by atoms with Gasteiger partial charge in [-0.25, -0.2) is 0 Å². The van der Waals surface area contributed by atoms with E-state index in [1.54, 1.807) is 10.9 Å². The predicted molar refractivity (Wildman–Crippen MR) is 87.7 cm³/mol. The monoisotopic (exact) mass is 349 g/mol. The molecular formula is C16H20BrN3O. The van der Waals surface area contributed by atoms with Crippen molar-refractivity contribution in [2.75, 3.05) is 20.6 Å². The highest BCUT2D eigenvalue weighted by Crippen LogP contribution is 2.22. The molecule has 4 nitrogen and oxygen atoms in total. The number of rotatable bonds is 6. The van der Waals surface area contributed by atoms with E-state index in [9.17, 15) is 4.79 Å². The summed E-state index contributed by atoms with van der Waals surface area (Å²) in [7, 11) is 4.01. The molecule has 1 aromatic heterocycles. The lowest BCUT2D eigenvalue weighted by Gasteiger charge is -2.13. The first-order chi connectivity index (χ1) is 10.0. The minimum Gasteiger partial charge on any atom is -0.308 e. The third-order valence-corrected chi connectivity index (χ3v) is 3.99. The Morgan fingerprint density at radius 3 is 2.71 bits per heavy atom. The number of aryl methyl sites for hydroxylation is 1. The number of halogens is 1. The summed E-state index contributed by atoms with van der Waals surface area (Å²) in [5.41, 5.74) is 2.44. The van der Waals surface area contributed by atoms with Crippen molar-refractivity contribution in [3.8, 4) is 0 Å². The van der Waals surface area contributed by atoms with Gasteiger partial charge in [0.2, 0.25) is 5.78 Å². The fourth-order valence-electron chi connectivity index (χ4n) is 2.23. The Hall–Kier alpha value is -1.46. The van der Waals surface area contributed by atoms with Crippen LogP contribution >= 0.6 is 15.9 Å². The van der Waals surface area contributed by atoms with E-state index in [0.717, 1.165) is 28.6 Å². The maximum Gasteiger partial charge on any atom is 0.212 e. The number of likely N-dealkylation sites (N-methyl/N-ethyl adjacent to an activating group) is 1. The van der Waals surface area contributed by atoms with Crippen LogP contribution in [-0.2, 0) is 13.0 Å². The standard InChI is InChI=1S/C16H20BrN3O/c1-4-12-7-5-6-8-13(12)16(21)15-14(17)11-18-20(15)10-9-19(2)3/h5-8,11H,4,9-10H2,1-3H3. The van der Waals surface area contributed by atoms with E-state index in [1.165, 1.54) is 0 Å². The molecule has 0 spiro atoms. The first kappa shape index (κ1) is 15.9. The van der Waals surface area contributed by atoms with Crippen LogP contribution in [0, 0.1) is 0 Å². The Bertz CT molecular complexity index is 634. The molecule has 0 atom stereocenters. The van der Waals surface area contributed by atoms with E-state index in [1.807, 2.05) is 38.4 Å². The number of benzene rings is 1. The highest BCUT2D eigenvalue weighted by molar-refractivity contribution is 9.10. The fourth-order valence-corrected chi connectivity index (χ4v) is 2.71. The molecule has 0 unspecified atom stereocenters. The van der Waals surface area contributed by atoms with Gasteiger partial charge in [-0.2, -0.15) is 5.10 Å². The SMILES string of the molecule is CCc1ccccc1C(=O)c1c(Br)cnn1CCN(C)C. The number of carbonyl (C=O) groups is 1. The van der Waals surface area contributed by atoms with Gasteiger partial charge in [-0.15, -0.1) is 0 Å². The van der Waals surface area contributed by atoms with Crippen LogP contribution in [0.1, 0.15) is 28.5 Å². The normalized spacial score (nSPS) is 11.1. The van der Waals surface area contributed by atoms with Crippen molar-refractivity contribution in [2.24, 2.45) is 0 Å². The van der Waals surface area contributed by atoms with Crippen LogP contribution in [0.15, 0.2) is 34.9 Å². The lowest BCUT2D eigenvalue weighted by atomic mass is 10.00. The zero-order valence-corrected chi connectivity index (χ0v) is 14.2. The fraction of sp³-hybridized carbons (Fsp3) is 0.375. The van der Waals surface area contributed by atoms with Crippen molar-refractivity contribution >= 4 is 21.7 Å². The quantitative estimate of drug-likeness (QED) is 0.752. The minimum atomic E-state index is 0.0237. The maximum absolute atomic E-state index is 12.9. The molecule has 0 aliphatic rings. The number of aromatic nitrogens is 2. The van der Waals surface area contributed by atoms with E-state index in [-0.39, 0.29) is 5.78 Å². The highest BCUT2D eigenvalue weighted by Gasteiger charge is 2.20. The molecule has 0 bridgehead atoms. The highest BCUT2D eigenvalue weighted by atomic mass is 79.9. The van der Waals surface area contributed by atoms with Gasteiger partial charge in [0.1, 0.15) is 5.69 Å². The molecule has 21 heavy (non-hydrogen) atoms. The van der Waals surface area contributed by atoms with Crippen molar-refractivity contribution in [3.63, 3.8) is 0 Å². The number of carbonyl (C=O) groups excluding carboxylic acids is 1. The second kappa shape index (κ2) is 7.00. The van der Waals surface area contributed by atoms with Gasteiger partial charge in [0.15, 0.2) is 0 Å². The average molecular weight is 350 g/mol. The molecule has 2 rings (SSSR count). The number of ketones is 1. The molecule has 112 valence electrons. The molecule has 0 amide bonds. The largest absolute Gasteiger partial charge is 0.308 e. The Kier molecular flexibility index (Phi) is 5.31. The topological polar surface area (TPSA) is 38.1 Å². The van der Waals surface area contributed by atoms with Crippen LogP contribution in [-0.4, -0.2) is 41.1 Å². The first-order valence-electron chi connectivity index (χ1n) is 7.03. The zero-order valence-electron chi connectivity index (χ0n) is 12.6. The Labute approximate surface area is 133 Å². The Balaban J connectivity index is 2.37. The van der Waals surface area contributed by atoms with Gasteiger partial charge >= 0.3 is 0 Å². The van der Waals surface area contributed by atoms with E-state index in [0.29, 0.717) is 12.2 Å². The smallest absolute Gasteiger partial charge is 0.212 e. The lowest BCUT2D eigenvalue weighted by molar-refractivity contribution is 0.102. The van der Waals surface area contributed by atoms with Crippen molar-refractivity contribution in [1.82, 2.24) is 14.7 Å². The van der Waals surface area contributed by atoms with Crippen molar-refractivity contribution < 1.29 is 4.79 Å². The average Bonchev–Trinajstić information content (AvgIpc) is 2.85. The zero-order chi connectivity index (χ0) is 15.4. The second-order valence-corrected chi connectivity index (χ2v) is 6.06. The van der Waals surface area contributed by atoms with Gasteiger partial charge in [-0.3, -0.25) is 9.48 Å². The first-order valence-corrected chi connectivity index (χ1v) is 7.82. The van der Waals surface area contributed by atoms with E-state index in [4.69, 9.17) is 0 Å². The molecule has 0 N–H and O–H groups in total. The van der Waals surface area contributed by atoms with Gasteiger partial charge in [-0.05, 0) is 42.0 Å². The van der Waals surface area contributed by atoms with Gasteiger partial charge in [-0.1, -0.05) is 31.2 Å². The minimum absolute atomic E-state index is 0.0237. The summed E-state index contributed by atoms with van der Waals surface area (Å²) < 4.78 is 2.52. The third-order valence-electron chi connectivity index (χ3n) is 3.41. The molecular weight excluding hydrogens is 330 g/mol. The van der Waals surface area contributed by atoms with E-state index >= 15 is 0 Å². The molecule has 1 aromatic carbocycles. The summed E-state index contributed by atoms with van der Waals surface area (Å²) in [5.74, 6) is 0.0237. The van der Waals surface area contributed by atoms with Crippen molar-refractivity contribution in [1.29, 1.82) is 0 Å². The maximum atomic E-state index is 12.9. The Morgan fingerprint density at radius 2 is 2.05 bits per heavy atom. The van der Waals surface area contributed by atoms with Crippen LogP contribution in [0.5, 0.6) is 0 Å². The summed E-state index contributed by atoms with van der Waals surface area (Å²) in [6.07, 6.45) is 2.53. The van der Waals surface area contributed by atoms with Gasteiger partial charge in [0, 0.05) is 12.1 Å². The molecule has 0 saturated carbocycles. The van der Waals surface area contributed by atoms with E-state index < -0.39 is 0 Å². The molecule has 2 aromatic rings. The molecule has 5 heteroatoms. The summed E-state index contributed by atoms with van der Waals surface area (Å²) in [6, 6.07) is 7.76. The van der Waals surface area contributed by atoms with Crippen molar-refractivity contribution in [2.45, 2.75) is 19.9 Å². The van der Waals surface area contributed by atoms with Gasteiger partial charge in [0.05, 0.1) is 17.2 Å². The third kappa shape index (κ3) is 3.60. The van der Waals surface area contributed by atoms with Crippen LogP contribution < -0.4 is 0 Å². The second-order valence-electron chi connectivity index (χ2n) is 5.21. The summed E-state index contributed by atoms with van der Waals surface area (Å²) in [4.78, 5) is 14.9. The number of hydrogen-bond acceptors (Lipinski definition) is 3. The van der Waals surface area contributed by atoms with Crippen LogP contribution in [0.2, 0.25) is 0 Å². The summed E-state index contributed by atoms with van der Waals surface area (Å²) in [6.45, 7) is 3.59. The van der Waals surface area contributed by atoms with Gasteiger partial charge < -0.3 is 4.90 Å². The van der Waals surface area contributed by atoms with Crippen molar-refractivity contribution in [3.05, 3.63) is 51.8 Å². The predicted octanol–water partition coefficient (Wildman–Crippen LogP) is 3.00. The van der Waals surface area contributed by atoms with Crippen LogP contribution in [0.4, 0.5) is 0 Å². The van der Waals surface area contributed by atoms with Crippen LogP contribution in [0.25, 0.3) is 0 Å². The molecule has 0 aliphatic carbocycles. The molecule has 0 saturated heterocycles. The molecule has 0 radical (unpaired) electrons. The number of nitrogens with zero attached hydrogens (tertiary/aromatic N) is 3. The lowest BCUT2D eigenvalue weighted by Crippen LogP contribution is -2.22. The summed E-state index contributed by atoms with van der Waals surface area (Å²) in [5, 5.41) is 4.31. The van der Waals surface area contributed by atoms with E-state index in [2.05, 4.69) is 32.9 Å².